The Morgan fingerprint density at radius 3 is 1.59 bits per heavy atom. The maximum Gasteiger partial charge on any atom is 0.326 e. The highest BCUT2D eigenvalue weighted by atomic mass is 16.4. The molecule has 15 heteroatoms. The lowest BCUT2D eigenvalue weighted by Gasteiger charge is -2.32. The van der Waals surface area contributed by atoms with Gasteiger partial charge in [-0.2, -0.15) is 0 Å². The summed E-state index contributed by atoms with van der Waals surface area (Å²) in [6, 6.07) is -6.47. The predicted molar refractivity (Wildman–Crippen MR) is 169 cm³/mol. The zero-order chi connectivity index (χ0) is 35.4. The quantitative estimate of drug-likeness (QED) is 0.127. The zero-order valence-electron chi connectivity index (χ0n) is 28.5. The van der Waals surface area contributed by atoms with Crippen LogP contribution in [0.5, 0.6) is 0 Å². The number of carbonyl (C=O) groups excluding carboxylic acids is 5. The van der Waals surface area contributed by atoms with Gasteiger partial charge in [-0.1, -0.05) is 55.4 Å². The smallest absolute Gasteiger partial charge is 0.326 e. The van der Waals surface area contributed by atoms with Crippen molar-refractivity contribution in [2.45, 2.75) is 131 Å². The van der Waals surface area contributed by atoms with E-state index in [2.05, 4.69) is 26.6 Å². The minimum atomic E-state index is -1.71. The molecule has 1 heterocycles. The molecule has 4 atom stereocenters. The molecule has 0 aromatic rings. The van der Waals surface area contributed by atoms with Gasteiger partial charge in [-0.15, -0.1) is 0 Å². The molecule has 0 bridgehead atoms. The molecule has 7 N–H and O–H groups in total. The highest BCUT2D eigenvalue weighted by Crippen LogP contribution is 2.22. The molecule has 0 aromatic heterocycles. The summed E-state index contributed by atoms with van der Waals surface area (Å²) >= 11 is 0. The fourth-order valence-electron chi connectivity index (χ4n) is 5.00. The van der Waals surface area contributed by atoms with Crippen LogP contribution in [0.3, 0.4) is 0 Å². The van der Waals surface area contributed by atoms with E-state index in [9.17, 15) is 43.8 Å². The number of carbonyl (C=O) groups is 7. The molecule has 0 radical (unpaired) electrons. The second kappa shape index (κ2) is 17.7. The van der Waals surface area contributed by atoms with Gasteiger partial charge in [0.15, 0.2) is 0 Å². The van der Waals surface area contributed by atoms with Crippen molar-refractivity contribution in [1.82, 2.24) is 31.5 Å². The Balaban J connectivity index is 3.31. The Labute approximate surface area is 271 Å². The van der Waals surface area contributed by atoms with Gasteiger partial charge < -0.3 is 41.7 Å². The summed E-state index contributed by atoms with van der Waals surface area (Å²) in [7, 11) is 0. The Bertz CT molecular complexity index is 1100. The summed E-state index contributed by atoms with van der Waals surface area (Å²) in [6.45, 7) is 15.2. The van der Waals surface area contributed by atoms with Crippen LogP contribution in [-0.2, 0) is 28.8 Å². The number of hydrogen-bond acceptors (Lipinski definition) is 7. The highest BCUT2D eigenvalue weighted by molar-refractivity contribution is 5.98. The van der Waals surface area contributed by atoms with E-state index in [0.29, 0.717) is 25.9 Å². The average molecular weight is 655 g/mol. The molecule has 0 spiro atoms. The fourth-order valence-corrected chi connectivity index (χ4v) is 5.00. The number of amides is 6. The highest BCUT2D eigenvalue weighted by Gasteiger charge is 2.38. The molecule has 4 unspecified atom stereocenters. The number of rotatable bonds is 16. The van der Waals surface area contributed by atoms with Crippen LogP contribution in [0.4, 0.5) is 4.79 Å². The molecule has 0 saturated carbocycles. The monoisotopic (exact) mass is 654 g/mol. The molecule has 0 aromatic carbocycles. The van der Waals surface area contributed by atoms with Crippen molar-refractivity contribution in [3.63, 3.8) is 0 Å². The number of nitrogens with one attached hydrogen (secondary N) is 5. The summed E-state index contributed by atoms with van der Waals surface area (Å²) in [5.41, 5.74) is -1.34. The molecule has 0 aliphatic carbocycles. The van der Waals surface area contributed by atoms with Crippen molar-refractivity contribution in [3.8, 4) is 0 Å². The van der Waals surface area contributed by atoms with Crippen LogP contribution in [0.1, 0.15) is 100 Å². The van der Waals surface area contributed by atoms with Gasteiger partial charge in [0.2, 0.25) is 23.6 Å². The lowest BCUT2D eigenvalue weighted by atomic mass is 9.86. The fraction of sp³-hybridized carbons (Fsp3) is 0.774. The Morgan fingerprint density at radius 1 is 0.674 bits per heavy atom. The molecule has 1 aliphatic heterocycles. The van der Waals surface area contributed by atoms with Gasteiger partial charge in [0.05, 0.1) is 12.8 Å². The SMILES string of the molecule is CCC(CC)NC(=O)NC(C(=O)NC(CC(=O)N1CCCC1)C(=O)NC(CC(=O)O)C(=O)NC(CC(C)(C)C)C(=O)O)C(C)(C)C. The molecule has 46 heavy (non-hydrogen) atoms. The summed E-state index contributed by atoms with van der Waals surface area (Å²) in [6.07, 6.45) is 1.54. The van der Waals surface area contributed by atoms with Crippen molar-refractivity contribution in [2.24, 2.45) is 10.8 Å². The first-order chi connectivity index (χ1) is 21.2. The maximum absolute atomic E-state index is 13.6. The first kappa shape index (κ1) is 40.1. The van der Waals surface area contributed by atoms with E-state index < -0.39 is 89.4 Å². The molecule has 6 amide bonds. The molecule has 1 saturated heterocycles. The number of aliphatic carboxylic acids is 2. The molecule has 262 valence electrons. The van der Waals surface area contributed by atoms with E-state index >= 15 is 0 Å². The minimum absolute atomic E-state index is 0.0247. The number of hydrogen-bond donors (Lipinski definition) is 7. The first-order valence-electron chi connectivity index (χ1n) is 15.9. The maximum atomic E-state index is 13.6. The molecule has 1 rings (SSSR count). The van der Waals surface area contributed by atoms with Gasteiger partial charge in [-0.3, -0.25) is 24.0 Å². The molecular weight excluding hydrogens is 600 g/mol. The van der Waals surface area contributed by atoms with E-state index in [0.717, 1.165) is 12.8 Å². The third-order valence-corrected chi connectivity index (χ3v) is 7.64. The summed E-state index contributed by atoms with van der Waals surface area (Å²) in [5.74, 6) is -6.04. The second-order valence-corrected chi connectivity index (χ2v) is 14.1. The van der Waals surface area contributed by atoms with Crippen molar-refractivity contribution in [2.75, 3.05) is 13.1 Å². The topological polar surface area (TPSA) is 223 Å². The molecule has 15 nitrogen and oxygen atoms in total. The third-order valence-electron chi connectivity index (χ3n) is 7.64. The van der Waals surface area contributed by atoms with Gasteiger partial charge in [-0.05, 0) is 42.9 Å². The largest absolute Gasteiger partial charge is 0.481 e. The first-order valence-corrected chi connectivity index (χ1v) is 15.9. The number of carboxylic acid groups (broad SMARTS) is 2. The van der Waals surface area contributed by atoms with Gasteiger partial charge in [0.25, 0.3) is 0 Å². The molecule has 1 fully saturated rings. The summed E-state index contributed by atoms with van der Waals surface area (Å²) in [5, 5.41) is 31.7. The van der Waals surface area contributed by atoms with E-state index in [1.807, 2.05) is 13.8 Å². The lowest BCUT2D eigenvalue weighted by Crippen LogP contribution is -2.61. The van der Waals surface area contributed by atoms with Crippen molar-refractivity contribution in [3.05, 3.63) is 0 Å². The Kier molecular flexibility index (Phi) is 15.4. The standard InChI is InChI=1S/C31H54N6O9/c1-9-18(10-2)32-29(46)36-24(31(6,7)8)27(43)34-19(15-22(38)37-13-11-12-14-37)25(41)33-20(16-23(39)40)26(42)35-21(28(44)45)17-30(3,4)5/h18-21,24H,9-17H2,1-8H3,(H,33,41)(H,34,43)(H,35,42)(H,39,40)(H,44,45)(H2,32,36,46). The van der Waals surface area contributed by atoms with Crippen LogP contribution in [0.15, 0.2) is 0 Å². The Morgan fingerprint density at radius 2 is 1.15 bits per heavy atom. The summed E-state index contributed by atoms with van der Waals surface area (Å²) < 4.78 is 0. The van der Waals surface area contributed by atoms with Gasteiger partial charge in [-0.25, -0.2) is 9.59 Å². The van der Waals surface area contributed by atoms with Gasteiger partial charge in [0, 0.05) is 19.1 Å². The Hall–Kier alpha value is -3.91. The van der Waals surface area contributed by atoms with Crippen molar-refractivity contribution in [1.29, 1.82) is 0 Å². The lowest BCUT2D eigenvalue weighted by molar-refractivity contribution is -0.144. The second-order valence-electron chi connectivity index (χ2n) is 14.1. The third kappa shape index (κ3) is 14.0. The van der Waals surface area contributed by atoms with E-state index in [1.165, 1.54) is 0 Å². The molecular formula is C31H54N6O9. The van der Waals surface area contributed by atoms with Crippen molar-refractivity contribution < 1.29 is 43.8 Å². The van der Waals surface area contributed by atoms with Crippen LogP contribution in [0.2, 0.25) is 0 Å². The normalized spacial score (nSPS) is 16.1. The summed E-state index contributed by atoms with van der Waals surface area (Å²) in [4.78, 5) is 91.2. The average Bonchev–Trinajstić information content (AvgIpc) is 3.47. The van der Waals surface area contributed by atoms with E-state index in [4.69, 9.17) is 0 Å². The van der Waals surface area contributed by atoms with Crippen LogP contribution in [-0.4, -0.2) is 100 Å². The number of carboxylic acids is 2. The number of likely N-dealkylation sites (tertiary alicyclic amines) is 1. The van der Waals surface area contributed by atoms with Gasteiger partial charge in [0.1, 0.15) is 24.2 Å². The van der Waals surface area contributed by atoms with E-state index in [-0.39, 0.29) is 12.5 Å². The van der Waals surface area contributed by atoms with Crippen LogP contribution in [0.25, 0.3) is 0 Å². The zero-order valence-corrected chi connectivity index (χ0v) is 28.5. The van der Waals surface area contributed by atoms with Crippen LogP contribution >= 0.6 is 0 Å². The van der Waals surface area contributed by atoms with Gasteiger partial charge >= 0.3 is 18.0 Å². The predicted octanol–water partition coefficient (Wildman–Crippen LogP) is 1.35. The molecule has 1 aliphatic rings. The van der Waals surface area contributed by atoms with E-state index in [1.54, 1.807) is 46.4 Å². The number of urea groups is 1. The van der Waals surface area contributed by atoms with Crippen LogP contribution < -0.4 is 26.6 Å². The minimum Gasteiger partial charge on any atom is -0.481 e. The number of nitrogens with zero attached hydrogens (tertiary/aromatic N) is 1. The van der Waals surface area contributed by atoms with Crippen LogP contribution in [0, 0.1) is 10.8 Å². The van der Waals surface area contributed by atoms with Crippen molar-refractivity contribution >= 4 is 41.6 Å².